The molecule has 0 radical (unpaired) electrons. The number of nitrogens with one attached hydrogen (secondary N) is 2. The molecule has 0 aliphatic heterocycles. The second-order valence-corrected chi connectivity index (χ2v) is 4.62. The lowest BCUT2D eigenvalue weighted by molar-refractivity contribution is -0.119. The van der Waals surface area contributed by atoms with E-state index in [1.54, 1.807) is 12.1 Å². The quantitative estimate of drug-likeness (QED) is 0.894. The van der Waals surface area contributed by atoms with E-state index in [-0.39, 0.29) is 24.3 Å². The average Bonchev–Trinajstić information content (AvgIpc) is 2.15. The third-order valence-corrected chi connectivity index (χ3v) is 2.31. The van der Waals surface area contributed by atoms with Gasteiger partial charge in [-0.05, 0) is 32.0 Å². The van der Waals surface area contributed by atoms with E-state index < -0.39 is 0 Å². The molecule has 2 N–H and O–H groups in total. The predicted molar refractivity (Wildman–Crippen MR) is 65.9 cm³/mol. The fourth-order valence-electron chi connectivity index (χ4n) is 1.18. The third kappa shape index (κ3) is 4.18. The summed E-state index contributed by atoms with van der Waals surface area (Å²) in [6, 6.07) is 4.74. The summed E-state index contributed by atoms with van der Waals surface area (Å²) in [5, 5.41) is 5.45. The van der Waals surface area contributed by atoms with Crippen LogP contribution in [-0.2, 0) is 4.79 Å². The second-order valence-electron chi connectivity index (χ2n) is 3.70. The van der Waals surface area contributed by atoms with Gasteiger partial charge >= 0.3 is 0 Å². The van der Waals surface area contributed by atoms with Gasteiger partial charge in [0.1, 0.15) is 5.82 Å². The van der Waals surface area contributed by atoms with Crippen molar-refractivity contribution >= 4 is 27.5 Å². The van der Waals surface area contributed by atoms with Crippen LogP contribution in [0.4, 0.5) is 10.1 Å². The fraction of sp³-hybridized carbons (Fsp3) is 0.364. The molecule has 0 saturated heterocycles. The minimum atomic E-state index is -0.383. The Morgan fingerprint density at radius 1 is 1.50 bits per heavy atom. The summed E-state index contributed by atoms with van der Waals surface area (Å²) >= 11 is 3.16. The lowest BCUT2D eigenvalue weighted by Gasteiger charge is -2.10. The summed E-state index contributed by atoms with van der Waals surface area (Å²) < 4.78 is 14.0. The Morgan fingerprint density at radius 3 is 2.75 bits per heavy atom. The summed E-state index contributed by atoms with van der Waals surface area (Å²) in [5.74, 6) is -0.538. The van der Waals surface area contributed by atoms with Gasteiger partial charge in [0.25, 0.3) is 0 Å². The number of hydrogen-bond acceptors (Lipinski definition) is 2. The van der Waals surface area contributed by atoms with Crippen molar-refractivity contribution in [3.05, 3.63) is 28.5 Å². The third-order valence-electron chi connectivity index (χ3n) is 1.82. The van der Waals surface area contributed by atoms with Crippen LogP contribution in [0, 0.1) is 5.82 Å². The highest BCUT2D eigenvalue weighted by molar-refractivity contribution is 9.10. The largest absolute Gasteiger partial charge is 0.374 e. The molecule has 0 unspecified atom stereocenters. The van der Waals surface area contributed by atoms with Gasteiger partial charge in [-0.15, -0.1) is 0 Å². The summed E-state index contributed by atoms with van der Waals surface area (Å²) in [5.41, 5.74) is 0.321. The van der Waals surface area contributed by atoms with E-state index in [0.717, 1.165) is 0 Å². The van der Waals surface area contributed by atoms with E-state index in [0.29, 0.717) is 10.2 Å². The van der Waals surface area contributed by atoms with Crippen LogP contribution in [0.5, 0.6) is 0 Å². The molecular weight excluding hydrogens is 275 g/mol. The summed E-state index contributed by atoms with van der Waals surface area (Å²) in [6.45, 7) is 3.81. The van der Waals surface area contributed by atoms with Gasteiger partial charge in [-0.25, -0.2) is 4.39 Å². The second kappa shape index (κ2) is 5.84. The highest BCUT2D eigenvalue weighted by atomic mass is 79.9. The van der Waals surface area contributed by atoms with Gasteiger partial charge in [0.2, 0.25) is 5.91 Å². The molecule has 0 aliphatic rings. The maximum absolute atomic E-state index is 13.3. The number of rotatable bonds is 4. The molecule has 0 saturated carbocycles. The van der Waals surface area contributed by atoms with Gasteiger partial charge in [0, 0.05) is 10.5 Å². The van der Waals surface area contributed by atoms with E-state index in [4.69, 9.17) is 0 Å². The van der Waals surface area contributed by atoms with Crippen LogP contribution in [0.1, 0.15) is 13.8 Å². The zero-order valence-corrected chi connectivity index (χ0v) is 10.8. The topological polar surface area (TPSA) is 41.1 Å². The molecule has 0 aliphatic carbocycles. The van der Waals surface area contributed by atoms with Crippen LogP contribution in [0.25, 0.3) is 0 Å². The molecule has 3 nitrogen and oxygen atoms in total. The van der Waals surface area contributed by atoms with E-state index in [1.807, 2.05) is 13.8 Å². The Labute approximate surface area is 103 Å². The molecule has 1 aromatic rings. The number of carbonyl (C=O) groups is 1. The molecule has 88 valence electrons. The van der Waals surface area contributed by atoms with Crippen LogP contribution in [0.15, 0.2) is 22.7 Å². The molecule has 0 bridgehead atoms. The lowest BCUT2D eigenvalue weighted by Crippen LogP contribution is -2.34. The molecule has 0 fully saturated rings. The number of amides is 1. The minimum absolute atomic E-state index is 0.0662. The van der Waals surface area contributed by atoms with Gasteiger partial charge in [-0.1, -0.05) is 15.9 Å². The zero-order valence-electron chi connectivity index (χ0n) is 9.18. The van der Waals surface area contributed by atoms with E-state index in [1.165, 1.54) is 6.07 Å². The SMILES string of the molecule is CC(C)NC(=O)CNc1ccc(Br)cc1F. The van der Waals surface area contributed by atoms with Crippen molar-refractivity contribution in [2.24, 2.45) is 0 Å². The van der Waals surface area contributed by atoms with Gasteiger partial charge in [0.15, 0.2) is 0 Å². The number of carbonyl (C=O) groups excluding carboxylic acids is 1. The molecule has 0 spiro atoms. The molecule has 1 aromatic carbocycles. The maximum atomic E-state index is 13.3. The maximum Gasteiger partial charge on any atom is 0.239 e. The Balaban J connectivity index is 2.51. The average molecular weight is 289 g/mol. The first-order chi connectivity index (χ1) is 7.49. The van der Waals surface area contributed by atoms with Crippen molar-refractivity contribution in [1.82, 2.24) is 5.32 Å². The smallest absolute Gasteiger partial charge is 0.239 e. The fourth-order valence-corrected chi connectivity index (χ4v) is 1.51. The first kappa shape index (κ1) is 13.0. The first-order valence-corrected chi connectivity index (χ1v) is 5.76. The summed E-state index contributed by atoms with van der Waals surface area (Å²) in [4.78, 5) is 11.3. The molecule has 16 heavy (non-hydrogen) atoms. The zero-order chi connectivity index (χ0) is 12.1. The van der Waals surface area contributed by atoms with Crippen LogP contribution < -0.4 is 10.6 Å². The number of halogens is 2. The molecule has 5 heteroatoms. The van der Waals surface area contributed by atoms with Crippen molar-refractivity contribution in [2.45, 2.75) is 19.9 Å². The van der Waals surface area contributed by atoms with Crippen LogP contribution in [0.3, 0.4) is 0 Å². The van der Waals surface area contributed by atoms with Gasteiger partial charge in [0.05, 0.1) is 12.2 Å². The molecule has 1 amide bonds. The number of hydrogen-bond donors (Lipinski definition) is 2. The van der Waals surface area contributed by atoms with E-state index in [9.17, 15) is 9.18 Å². The van der Waals surface area contributed by atoms with E-state index >= 15 is 0 Å². The number of benzene rings is 1. The molecule has 1 rings (SSSR count). The summed E-state index contributed by atoms with van der Waals surface area (Å²) in [6.07, 6.45) is 0. The Kier molecular flexibility index (Phi) is 4.73. The van der Waals surface area contributed by atoms with Gasteiger partial charge < -0.3 is 10.6 Å². The number of anilines is 1. The predicted octanol–water partition coefficient (Wildman–Crippen LogP) is 2.52. The Bertz CT molecular complexity index is 382. The van der Waals surface area contributed by atoms with E-state index in [2.05, 4.69) is 26.6 Å². The molecule has 0 atom stereocenters. The van der Waals surface area contributed by atoms with Gasteiger partial charge in [-0.3, -0.25) is 4.79 Å². The highest BCUT2D eigenvalue weighted by Gasteiger charge is 2.06. The monoisotopic (exact) mass is 288 g/mol. The molecule has 0 heterocycles. The van der Waals surface area contributed by atoms with Gasteiger partial charge in [-0.2, -0.15) is 0 Å². The van der Waals surface area contributed by atoms with Crippen molar-refractivity contribution in [2.75, 3.05) is 11.9 Å². The summed E-state index contributed by atoms with van der Waals surface area (Å²) in [7, 11) is 0. The first-order valence-electron chi connectivity index (χ1n) is 4.97. The van der Waals surface area contributed by atoms with Crippen LogP contribution in [-0.4, -0.2) is 18.5 Å². The minimum Gasteiger partial charge on any atom is -0.374 e. The van der Waals surface area contributed by atoms with Crippen LogP contribution in [0.2, 0.25) is 0 Å². The molecule has 0 aromatic heterocycles. The Hall–Kier alpha value is -1.10. The lowest BCUT2D eigenvalue weighted by atomic mass is 10.3. The van der Waals surface area contributed by atoms with Crippen molar-refractivity contribution < 1.29 is 9.18 Å². The van der Waals surface area contributed by atoms with Crippen molar-refractivity contribution in [1.29, 1.82) is 0 Å². The van der Waals surface area contributed by atoms with Crippen molar-refractivity contribution in [3.63, 3.8) is 0 Å². The van der Waals surface area contributed by atoms with Crippen molar-refractivity contribution in [3.8, 4) is 0 Å². The van der Waals surface area contributed by atoms with Crippen LogP contribution >= 0.6 is 15.9 Å². The highest BCUT2D eigenvalue weighted by Crippen LogP contribution is 2.18. The Morgan fingerprint density at radius 2 is 2.19 bits per heavy atom. The standard InChI is InChI=1S/C11H14BrFN2O/c1-7(2)15-11(16)6-14-10-4-3-8(12)5-9(10)13/h3-5,7,14H,6H2,1-2H3,(H,15,16). The normalized spacial score (nSPS) is 10.3. The molecular formula is C11H14BrFN2O.